The number of hydrogen-bond acceptors (Lipinski definition) is 3. The van der Waals surface area contributed by atoms with Crippen LogP contribution in [-0.4, -0.2) is 21.1 Å². The van der Waals surface area contributed by atoms with Crippen LogP contribution in [0.15, 0.2) is 18.5 Å². The van der Waals surface area contributed by atoms with Crippen LogP contribution in [-0.2, 0) is 0 Å². The highest BCUT2D eigenvalue weighted by Gasteiger charge is 2.08. The van der Waals surface area contributed by atoms with Gasteiger partial charge in [0.2, 0.25) is 0 Å². The van der Waals surface area contributed by atoms with E-state index in [1.165, 1.54) is 0 Å². The number of fused-ring (bicyclic) bond motifs is 1. The van der Waals surface area contributed by atoms with Gasteiger partial charge < -0.3 is 5.32 Å². The van der Waals surface area contributed by atoms with Crippen LogP contribution < -0.4 is 5.32 Å². The Morgan fingerprint density at radius 1 is 1.44 bits per heavy atom. The van der Waals surface area contributed by atoms with Crippen LogP contribution in [0.25, 0.3) is 5.52 Å². The van der Waals surface area contributed by atoms with Crippen molar-refractivity contribution in [3.05, 3.63) is 24.2 Å². The third-order valence-electron chi connectivity index (χ3n) is 2.54. The summed E-state index contributed by atoms with van der Waals surface area (Å²) in [5, 5.41) is 7.84. The van der Waals surface area contributed by atoms with E-state index in [0.29, 0.717) is 5.92 Å². The van der Waals surface area contributed by atoms with Crippen molar-refractivity contribution in [2.24, 2.45) is 0 Å². The fourth-order valence-electron chi connectivity index (χ4n) is 1.60. The Kier molecular flexibility index (Phi) is 3.08. The van der Waals surface area contributed by atoms with Crippen molar-refractivity contribution in [1.82, 2.24) is 14.6 Å². The summed E-state index contributed by atoms with van der Waals surface area (Å²) in [5.74, 6) is 1.36. The second-order valence-corrected chi connectivity index (χ2v) is 4.26. The maximum absolute atomic E-state index is 4.52. The number of anilines is 1. The summed E-state index contributed by atoms with van der Waals surface area (Å²) < 4.78 is 1.89. The molecule has 16 heavy (non-hydrogen) atoms. The molecule has 0 saturated heterocycles. The SMILES string of the molecule is CCCNc1nccn2nc(C(C)C)cc12. The van der Waals surface area contributed by atoms with Gasteiger partial charge in [-0.1, -0.05) is 20.8 Å². The molecule has 1 N–H and O–H groups in total. The number of aromatic nitrogens is 3. The van der Waals surface area contributed by atoms with Crippen LogP contribution in [0.3, 0.4) is 0 Å². The zero-order valence-electron chi connectivity index (χ0n) is 10.1. The largest absolute Gasteiger partial charge is 0.368 e. The van der Waals surface area contributed by atoms with Crippen molar-refractivity contribution in [2.75, 3.05) is 11.9 Å². The lowest BCUT2D eigenvalue weighted by Crippen LogP contribution is -2.03. The summed E-state index contributed by atoms with van der Waals surface area (Å²) in [4.78, 5) is 4.35. The molecular weight excluding hydrogens is 200 g/mol. The van der Waals surface area contributed by atoms with Gasteiger partial charge >= 0.3 is 0 Å². The molecule has 0 aliphatic heterocycles. The molecule has 0 bridgehead atoms. The minimum Gasteiger partial charge on any atom is -0.368 e. The molecule has 0 unspecified atom stereocenters. The predicted molar refractivity (Wildman–Crippen MR) is 65.9 cm³/mol. The van der Waals surface area contributed by atoms with E-state index in [2.05, 4.69) is 42.2 Å². The molecule has 0 radical (unpaired) electrons. The molecule has 0 spiro atoms. The average Bonchev–Trinajstić information content (AvgIpc) is 2.70. The molecule has 4 nitrogen and oxygen atoms in total. The Hall–Kier alpha value is -1.58. The van der Waals surface area contributed by atoms with Crippen molar-refractivity contribution in [2.45, 2.75) is 33.1 Å². The fourth-order valence-corrected chi connectivity index (χ4v) is 1.60. The van der Waals surface area contributed by atoms with Crippen LogP contribution in [0.4, 0.5) is 5.82 Å². The van der Waals surface area contributed by atoms with Crippen LogP contribution in [0, 0.1) is 0 Å². The van der Waals surface area contributed by atoms with Crippen LogP contribution >= 0.6 is 0 Å². The van der Waals surface area contributed by atoms with Gasteiger partial charge in [-0.3, -0.25) is 0 Å². The molecule has 0 fully saturated rings. The number of nitrogens with one attached hydrogen (secondary N) is 1. The molecule has 0 aliphatic carbocycles. The van der Waals surface area contributed by atoms with Crippen LogP contribution in [0.5, 0.6) is 0 Å². The molecule has 0 saturated carbocycles. The smallest absolute Gasteiger partial charge is 0.152 e. The minimum atomic E-state index is 0.443. The second kappa shape index (κ2) is 4.51. The number of rotatable bonds is 4. The molecule has 0 amide bonds. The highest BCUT2D eigenvalue weighted by molar-refractivity contribution is 5.67. The summed E-state index contributed by atoms with van der Waals surface area (Å²) in [6, 6.07) is 2.11. The van der Waals surface area contributed by atoms with Crippen LogP contribution in [0.1, 0.15) is 38.8 Å². The second-order valence-electron chi connectivity index (χ2n) is 4.26. The lowest BCUT2D eigenvalue weighted by atomic mass is 10.1. The lowest BCUT2D eigenvalue weighted by Gasteiger charge is -2.04. The maximum Gasteiger partial charge on any atom is 0.152 e. The molecule has 2 heterocycles. The topological polar surface area (TPSA) is 42.2 Å². The van der Waals surface area contributed by atoms with Crippen molar-refractivity contribution in [3.63, 3.8) is 0 Å². The first-order valence-corrected chi connectivity index (χ1v) is 5.80. The van der Waals surface area contributed by atoms with Crippen molar-refractivity contribution in [3.8, 4) is 0 Å². The van der Waals surface area contributed by atoms with Gasteiger partial charge in [-0.25, -0.2) is 9.50 Å². The first-order valence-electron chi connectivity index (χ1n) is 5.80. The van der Waals surface area contributed by atoms with Crippen molar-refractivity contribution in [1.29, 1.82) is 0 Å². The Morgan fingerprint density at radius 2 is 2.25 bits per heavy atom. The molecule has 2 rings (SSSR count). The molecule has 86 valence electrons. The Labute approximate surface area is 95.7 Å². The Bertz CT molecular complexity index is 473. The fraction of sp³-hybridized carbons (Fsp3) is 0.500. The van der Waals surface area contributed by atoms with Gasteiger partial charge in [0.05, 0.1) is 5.69 Å². The van der Waals surface area contributed by atoms with Crippen molar-refractivity contribution < 1.29 is 0 Å². The molecule has 0 atom stereocenters. The van der Waals surface area contributed by atoms with Crippen molar-refractivity contribution >= 4 is 11.3 Å². The summed E-state index contributed by atoms with van der Waals surface area (Å²) in [7, 11) is 0. The zero-order chi connectivity index (χ0) is 11.5. The number of hydrogen-bond donors (Lipinski definition) is 1. The highest BCUT2D eigenvalue weighted by atomic mass is 15.2. The monoisotopic (exact) mass is 218 g/mol. The Morgan fingerprint density at radius 3 is 2.94 bits per heavy atom. The van der Waals surface area contributed by atoms with Gasteiger partial charge in [-0.15, -0.1) is 0 Å². The minimum absolute atomic E-state index is 0.443. The van der Waals surface area contributed by atoms with Gasteiger partial charge in [0.15, 0.2) is 5.82 Å². The van der Waals surface area contributed by atoms with E-state index >= 15 is 0 Å². The molecule has 2 aromatic heterocycles. The van der Waals surface area contributed by atoms with Gasteiger partial charge in [0.25, 0.3) is 0 Å². The lowest BCUT2D eigenvalue weighted by molar-refractivity contribution is 0.786. The van der Waals surface area contributed by atoms with E-state index in [1.807, 2.05) is 10.7 Å². The molecule has 0 aliphatic rings. The summed E-state index contributed by atoms with van der Waals surface area (Å²) in [6.07, 6.45) is 4.76. The molecule has 0 aromatic carbocycles. The Balaban J connectivity index is 2.41. The van der Waals surface area contributed by atoms with E-state index in [9.17, 15) is 0 Å². The third kappa shape index (κ3) is 2.01. The normalized spacial score (nSPS) is 11.2. The van der Waals surface area contributed by atoms with E-state index in [4.69, 9.17) is 0 Å². The quantitative estimate of drug-likeness (QED) is 0.858. The van der Waals surface area contributed by atoms with Gasteiger partial charge in [0, 0.05) is 18.9 Å². The standard InChI is InChI=1S/C12H18N4/c1-4-5-13-12-11-8-10(9(2)3)15-16(11)7-6-14-12/h6-9H,4-5H2,1-3H3,(H,13,14). The predicted octanol–water partition coefficient (Wildman–Crippen LogP) is 2.67. The summed E-state index contributed by atoms with van der Waals surface area (Å²) in [5.41, 5.74) is 2.16. The van der Waals surface area contributed by atoms with Crippen LogP contribution in [0.2, 0.25) is 0 Å². The molecule has 4 heteroatoms. The van der Waals surface area contributed by atoms with E-state index in [0.717, 1.165) is 30.0 Å². The first-order chi connectivity index (χ1) is 7.72. The average molecular weight is 218 g/mol. The molecular formula is C12H18N4. The van der Waals surface area contributed by atoms with E-state index in [-0.39, 0.29) is 0 Å². The summed E-state index contributed by atoms with van der Waals surface area (Å²) >= 11 is 0. The molecule has 2 aromatic rings. The maximum atomic E-state index is 4.52. The zero-order valence-corrected chi connectivity index (χ0v) is 10.1. The van der Waals surface area contributed by atoms with Gasteiger partial charge in [0.1, 0.15) is 5.52 Å². The third-order valence-corrected chi connectivity index (χ3v) is 2.54. The first kappa shape index (κ1) is 10.9. The highest BCUT2D eigenvalue weighted by Crippen LogP contribution is 2.19. The van der Waals surface area contributed by atoms with Gasteiger partial charge in [-0.2, -0.15) is 5.10 Å². The summed E-state index contributed by atoms with van der Waals surface area (Å²) in [6.45, 7) is 7.38. The van der Waals surface area contributed by atoms with E-state index in [1.54, 1.807) is 6.20 Å². The number of nitrogens with zero attached hydrogens (tertiary/aromatic N) is 3. The van der Waals surface area contributed by atoms with E-state index < -0.39 is 0 Å². The van der Waals surface area contributed by atoms with Gasteiger partial charge in [-0.05, 0) is 18.4 Å².